The van der Waals surface area contributed by atoms with Crippen molar-refractivity contribution in [3.05, 3.63) is 98.2 Å². The van der Waals surface area contributed by atoms with Gasteiger partial charge in [-0.05, 0) is 35.9 Å². The van der Waals surface area contributed by atoms with E-state index in [1.165, 1.54) is 33.4 Å². The van der Waals surface area contributed by atoms with Crippen LogP contribution in [-0.4, -0.2) is 42.2 Å². The molecule has 0 saturated carbocycles. The largest absolute Gasteiger partial charge is 0.493 e. The number of hydrogen-bond acceptors (Lipinski definition) is 6. The molecule has 0 fully saturated rings. The third-order valence-electron chi connectivity index (χ3n) is 6.02. The standard InChI is InChI=1S/C27H24F2N4O6/c1-30-25(35)16-6-4-15(5-7-16)13-33-26(36)18-11-22(38-2)23(39-3)12-21(18)32(27(33)37)14-24(34)31-20-10-17(28)8-9-19(20)29/h4-12H,13-14H2,1-3H3,(H,30,35)(H,31,34). The van der Waals surface area contributed by atoms with Crippen LogP contribution < -0.4 is 31.4 Å². The minimum atomic E-state index is -0.862. The molecule has 0 aliphatic rings. The van der Waals surface area contributed by atoms with Crippen molar-refractivity contribution in [2.45, 2.75) is 13.1 Å². The second-order valence-corrected chi connectivity index (χ2v) is 8.43. The molecule has 0 saturated heterocycles. The normalized spacial score (nSPS) is 10.8. The number of ether oxygens (including phenoxy) is 2. The van der Waals surface area contributed by atoms with Crippen LogP contribution in [0.25, 0.3) is 10.9 Å². The van der Waals surface area contributed by atoms with Gasteiger partial charge in [0.1, 0.15) is 18.2 Å². The molecule has 3 aromatic carbocycles. The van der Waals surface area contributed by atoms with Gasteiger partial charge in [0.2, 0.25) is 5.91 Å². The molecule has 0 aliphatic heterocycles. The Morgan fingerprint density at radius 1 is 0.897 bits per heavy atom. The van der Waals surface area contributed by atoms with Crippen LogP contribution in [0.5, 0.6) is 11.5 Å². The first-order valence-corrected chi connectivity index (χ1v) is 11.6. The molecule has 0 radical (unpaired) electrons. The minimum Gasteiger partial charge on any atom is -0.493 e. The number of methoxy groups -OCH3 is 2. The first kappa shape index (κ1) is 27.0. The average molecular weight is 539 g/mol. The number of amides is 2. The lowest BCUT2D eigenvalue weighted by Crippen LogP contribution is -2.42. The molecule has 1 aromatic heterocycles. The Morgan fingerprint density at radius 2 is 1.56 bits per heavy atom. The van der Waals surface area contributed by atoms with Crippen molar-refractivity contribution in [1.29, 1.82) is 0 Å². The molecule has 0 unspecified atom stereocenters. The van der Waals surface area contributed by atoms with Crippen LogP contribution in [0.3, 0.4) is 0 Å². The summed E-state index contributed by atoms with van der Waals surface area (Å²) in [6.45, 7) is -0.799. The third kappa shape index (κ3) is 5.49. The molecule has 0 spiro atoms. The fourth-order valence-corrected chi connectivity index (χ4v) is 4.05. The summed E-state index contributed by atoms with van der Waals surface area (Å²) < 4.78 is 40.2. The van der Waals surface area contributed by atoms with Crippen molar-refractivity contribution in [2.24, 2.45) is 0 Å². The number of carbonyl (C=O) groups excluding carboxylic acids is 2. The van der Waals surface area contributed by atoms with E-state index in [1.807, 2.05) is 0 Å². The van der Waals surface area contributed by atoms with E-state index in [2.05, 4.69) is 10.6 Å². The summed E-state index contributed by atoms with van der Waals surface area (Å²) in [5.74, 6) is -2.33. The number of benzene rings is 3. The summed E-state index contributed by atoms with van der Waals surface area (Å²) in [7, 11) is 4.25. The zero-order valence-electron chi connectivity index (χ0n) is 21.2. The van der Waals surface area contributed by atoms with Gasteiger partial charge in [0.15, 0.2) is 11.5 Å². The number of halogens is 2. The van der Waals surface area contributed by atoms with Crippen LogP contribution in [0.15, 0.2) is 64.2 Å². The number of fused-ring (bicyclic) bond motifs is 1. The van der Waals surface area contributed by atoms with Crippen LogP contribution >= 0.6 is 0 Å². The van der Waals surface area contributed by atoms with E-state index < -0.39 is 41.0 Å². The lowest BCUT2D eigenvalue weighted by Gasteiger charge is -2.16. The number of rotatable bonds is 8. The molecular formula is C27H24F2N4O6. The summed E-state index contributed by atoms with van der Waals surface area (Å²) in [4.78, 5) is 51.7. The molecule has 202 valence electrons. The van der Waals surface area contributed by atoms with Gasteiger partial charge < -0.3 is 20.1 Å². The molecule has 12 heteroatoms. The zero-order chi connectivity index (χ0) is 28.3. The summed E-state index contributed by atoms with van der Waals surface area (Å²) in [5.41, 5.74) is -0.879. The predicted octanol–water partition coefficient (Wildman–Crippen LogP) is 2.51. The van der Waals surface area contributed by atoms with Crippen molar-refractivity contribution in [3.8, 4) is 11.5 Å². The maximum absolute atomic E-state index is 14.1. The molecule has 0 atom stereocenters. The van der Waals surface area contributed by atoms with Crippen LogP contribution in [0.4, 0.5) is 14.5 Å². The first-order valence-electron chi connectivity index (χ1n) is 11.6. The van der Waals surface area contributed by atoms with Crippen molar-refractivity contribution in [3.63, 3.8) is 0 Å². The fraction of sp³-hybridized carbons (Fsp3) is 0.185. The molecule has 0 aliphatic carbocycles. The molecule has 2 amide bonds. The molecule has 4 aromatic rings. The highest BCUT2D eigenvalue weighted by atomic mass is 19.1. The zero-order valence-corrected chi connectivity index (χ0v) is 21.2. The number of nitrogens with one attached hydrogen (secondary N) is 2. The molecule has 2 N–H and O–H groups in total. The first-order chi connectivity index (χ1) is 18.7. The van der Waals surface area contributed by atoms with Crippen molar-refractivity contribution in [1.82, 2.24) is 14.5 Å². The Hall–Kier alpha value is -5.00. The number of nitrogens with zero attached hydrogens (tertiary/aromatic N) is 2. The van der Waals surface area contributed by atoms with Crippen molar-refractivity contribution >= 4 is 28.4 Å². The highest BCUT2D eigenvalue weighted by Gasteiger charge is 2.20. The number of aromatic nitrogens is 2. The van der Waals surface area contributed by atoms with Gasteiger partial charge in [-0.1, -0.05) is 12.1 Å². The van der Waals surface area contributed by atoms with E-state index in [4.69, 9.17) is 9.47 Å². The van der Waals surface area contributed by atoms with Crippen molar-refractivity contribution in [2.75, 3.05) is 26.6 Å². The lowest BCUT2D eigenvalue weighted by atomic mass is 10.1. The lowest BCUT2D eigenvalue weighted by molar-refractivity contribution is -0.116. The Balaban J connectivity index is 1.83. The van der Waals surface area contributed by atoms with Crippen molar-refractivity contribution < 1.29 is 27.8 Å². The van der Waals surface area contributed by atoms with Gasteiger partial charge in [0, 0.05) is 24.7 Å². The second-order valence-electron chi connectivity index (χ2n) is 8.43. The highest BCUT2D eigenvalue weighted by molar-refractivity contribution is 5.94. The van der Waals surface area contributed by atoms with E-state index in [0.717, 1.165) is 27.3 Å². The summed E-state index contributed by atoms with van der Waals surface area (Å²) in [6, 6.07) is 11.6. The number of carbonyl (C=O) groups is 2. The van der Waals surface area contributed by atoms with E-state index in [9.17, 15) is 28.0 Å². The Morgan fingerprint density at radius 3 is 2.21 bits per heavy atom. The topological polar surface area (TPSA) is 121 Å². The van der Waals surface area contributed by atoms with Gasteiger partial charge in [-0.2, -0.15) is 0 Å². The van der Waals surface area contributed by atoms with Gasteiger partial charge in [-0.25, -0.2) is 13.6 Å². The van der Waals surface area contributed by atoms with Crippen LogP contribution in [0.2, 0.25) is 0 Å². The van der Waals surface area contributed by atoms with E-state index >= 15 is 0 Å². The van der Waals surface area contributed by atoms with E-state index in [0.29, 0.717) is 11.1 Å². The van der Waals surface area contributed by atoms with Crippen LogP contribution in [0, 0.1) is 11.6 Å². The van der Waals surface area contributed by atoms with Crippen LogP contribution in [-0.2, 0) is 17.9 Å². The molecule has 1 heterocycles. The van der Waals surface area contributed by atoms with Gasteiger partial charge in [0.05, 0.1) is 37.4 Å². The Labute approximate surface area is 220 Å². The van der Waals surface area contributed by atoms with Gasteiger partial charge in [-0.15, -0.1) is 0 Å². The van der Waals surface area contributed by atoms with E-state index in [1.54, 1.807) is 24.3 Å². The molecular weight excluding hydrogens is 514 g/mol. The summed E-state index contributed by atoms with van der Waals surface area (Å²) in [5, 5.41) is 4.82. The SMILES string of the molecule is CNC(=O)c1ccc(Cn2c(=O)c3cc(OC)c(OC)cc3n(CC(=O)Nc3cc(F)ccc3F)c2=O)cc1. The van der Waals surface area contributed by atoms with Gasteiger partial charge >= 0.3 is 5.69 Å². The maximum Gasteiger partial charge on any atom is 0.332 e. The monoisotopic (exact) mass is 538 g/mol. The molecule has 10 nitrogen and oxygen atoms in total. The third-order valence-corrected chi connectivity index (χ3v) is 6.02. The summed E-state index contributed by atoms with van der Waals surface area (Å²) in [6.07, 6.45) is 0. The predicted molar refractivity (Wildman–Crippen MR) is 139 cm³/mol. The maximum atomic E-state index is 14.1. The molecule has 0 bridgehead atoms. The number of hydrogen-bond donors (Lipinski definition) is 2. The Kier molecular flexibility index (Phi) is 7.75. The summed E-state index contributed by atoms with van der Waals surface area (Å²) >= 11 is 0. The second kappa shape index (κ2) is 11.2. The van der Waals surface area contributed by atoms with Gasteiger partial charge in [-0.3, -0.25) is 23.5 Å². The smallest absolute Gasteiger partial charge is 0.332 e. The quantitative estimate of drug-likeness (QED) is 0.356. The van der Waals surface area contributed by atoms with E-state index in [-0.39, 0.29) is 34.9 Å². The van der Waals surface area contributed by atoms with Crippen LogP contribution in [0.1, 0.15) is 15.9 Å². The number of anilines is 1. The van der Waals surface area contributed by atoms with Gasteiger partial charge in [0.25, 0.3) is 11.5 Å². The molecule has 4 rings (SSSR count). The highest BCUT2D eigenvalue weighted by Crippen LogP contribution is 2.30. The molecule has 39 heavy (non-hydrogen) atoms. The Bertz CT molecular complexity index is 1700. The average Bonchev–Trinajstić information content (AvgIpc) is 2.94. The fourth-order valence-electron chi connectivity index (χ4n) is 4.05. The minimum absolute atomic E-state index is 0.0546.